The summed E-state index contributed by atoms with van der Waals surface area (Å²) in [6.45, 7) is 7.91. The van der Waals surface area contributed by atoms with E-state index in [1.807, 2.05) is 0 Å². The van der Waals surface area contributed by atoms with Crippen LogP contribution < -0.4 is 10.4 Å². The quantitative estimate of drug-likeness (QED) is 0.337. The predicted molar refractivity (Wildman–Crippen MR) is 132 cm³/mol. The van der Waals surface area contributed by atoms with E-state index in [9.17, 15) is 0 Å². The summed E-state index contributed by atoms with van der Waals surface area (Å²) in [6, 6.07) is 32.6. The van der Waals surface area contributed by atoms with Gasteiger partial charge in [0.25, 0.3) is 8.32 Å². The number of hydrogen-bond donors (Lipinski definition) is 0. The second-order valence-electron chi connectivity index (χ2n) is 9.62. The van der Waals surface area contributed by atoms with Gasteiger partial charge >= 0.3 is 0 Å². The first kappa shape index (κ1) is 22.0. The molecule has 2 nitrogen and oxygen atoms in total. The highest BCUT2D eigenvalue weighted by molar-refractivity contribution is 6.99. The van der Waals surface area contributed by atoms with Crippen molar-refractivity contribution in [2.45, 2.75) is 57.3 Å². The van der Waals surface area contributed by atoms with E-state index in [1.54, 1.807) is 0 Å². The largest absolute Gasteiger partial charge is 0.404 e. The van der Waals surface area contributed by atoms with E-state index in [2.05, 4.69) is 112 Å². The molecule has 1 aliphatic heterocycles. The average molecular weight is 431 g/mol. The normalized spacial score (nSPS) is 17.3. The van der Waals surface area contributed by atoms with Crippen LogP contribution in [0.2, 0.25) is 5.04 Å². The lowest BCUT2D eigenvalue weighted by atomic mass is 10.0. The Kier molecular flexibility index (Phi) is 6.76. The molecule has 3 aromatic carbocycles. The Morgan fingerprint density at radius 1 is 0.839 bits per heavy atom. The first-order valence-electron chi connectivity index (χ1n) is 11.4. The Labute approximate surface area is 188 Å². The molecule has 0 bridgehead atoms. The molecule has 4 rings (SSSR count). The molecule has 1 saturated heterocycles. The lowest BCUT2D eigenvalue weighted by Gasteiger charge is -2.45. The SMILES string of the molecule is CC(C)(C)[Si](O[C@@H](CCc1ccccc1)C[C@H]1CO1)(c1ccccc1)c1ccccc1. The van der Waals surface area contributed by atoms with Crippen molar-refractivity contribution in [3.05, 3.63) is 96.6 Å². The van der Waals surface area contributed by atoms with Crippen molar-refractivity contribution in [1.29, 1.82) is 0 Å². The molecule has 2 atom stereocenters. The van der Waals surface area contributed by atoms with Gasteiger partial charge in [-0.2, -0.15) is 0 Å². The third kappa shape index (κ3) is 5.17. The molecule has 0 radical (unpaired) electrons. The van der Waals surface area contributed by atoms with Gasteiger partial charge in [-0.15, -0.1) is 0 Å². The van der Waals surface area contributed by atoms with Crippen molar-refractivity contribution >= 4 is 18.7 Å². The molecule has 31 heavy (non-hydrogen) atoms. The van der Waals surface area contributed by atoms with Crippen LogP contribution in [0.25, 0.3) is 0 Å². The van der Waals surface area contributed by atoms with Crippen molar-refractivity contribution in [1.82, 2.24) is 0 Å². The van der Waals surface area contributed by atoms with Gasteiger partial charge in [-0.3, -0.25) is 0 Å². The highest BCUT2D eigenvalue weighted by Crippen LogP contribution is 2.39. The summed E-state index contributed by atoms with van der Waals surface area (Å²) in [6.07, 6.45) is 3.51. The Morgan fingerprint density at radius 3 is 1.77 bits per heavy atom. The van der Waals surface area contributed by atoms with Gasteiger partial charge in [0.15, 0.2) is 0 Å². The third-order valence-electron chi connectivity index (χ3n) is 6.29. The molecule has 1 aliphatic rings. The molecular weight excluding hydrogens is 396 g/mol. The third-order valence-corrected chi connectivity index (χ3v) is 11.4. The van der Waals surface area contributed by atoms with Gasteiger partial charge in [-0.25, -0.2) is 0 Å². The maximum atomic E-state index is 7.41. The molecule has 3 heteroatoms. The molecule has 0 N–H and O–H groups in total. The fraction of sp³-hybridized carbons (Fsp3) is 0.357. The van der Waals surface area contributed by atoms with Gasteiger partial charge in [0.05, 0.1) is 12.7 Å². The predicted octanol–water partition coefficient (Wildman–Crippen LogP) is 5.35. The Hall–Kier alpha value is -2.20. The zero-order valence-electron chi connectivity index (χ0n) is 19.0. The van der Waals surface area contributed by atoms with Crippen LogP contribution in [-0.4, -0.2) is 27.1 Å². The van der Waals surface area contributed by atoms with Gasteiger partial charge in [0.1, 0.15) is 0 Å². The van der Waals surface area contributed by atoms with Crippen LogP contribution in [0.3, 0.4) is 0 Å². The van der Waals surface area contributed by atoms with Gasteiger partial charge in [0, 0.05) is 12.5 Å². The maximum absolute atomic E-state index is 7.41. The Morgan fingerprint density at radius 2 is 1.32 bits per heavy atom. The molecule has 0 aliphatic carbocycles. The summed E-state index contributed by atoms with van der Waals surface area (Å²) in [5.41, 5.74) is 1.37. The van der Waals surface area contributed by atoms with Crippen LogP contribution in [0.5, 0.6) is 0 Å². The van der Waals surface area contributed by atoms with Gasteiger partial charge in [0.2, 0.25) is 0 Å². The molecule has 0 aromatic heterocycles. The summed E-state index contributed by atoms with van der Waals surface area (Å²) >= 11 is 0. The highest BCUT2D eigenvalue weighted by atomic mass is 28.4. The first-order chi connectivity index (χ1) is 15.0. The zero-order valence-corrected chi connectivity index (χ0v) is 20.0. The molecular formula is C28H34O2Si. The first-order valence-corrected chi connectivity index (χ1v) is 13.3. The van der Waals surface area contributed by atoms with Crippen LogP contribution in [-0.2, 0) is 15.6 Å². The second-order valence-corrected chi connectivity index (χ2v) is 13.9. The summed E-state index contributed by atoms with van der Waals surface area (Å²) in [5.74, 6) is 0. The van der Waals surface area contributed by atoms with Gasteiger partial charge in [-0.1, -0.05) is 112 Å². The average Bonchev–Trinajstić information content (AvgIpc) is 3.61. The van der Waals surface area contributed by atoms with E-state index in [-0.39, 0.29) is 11.1 Å². The molecule has 0 unspecified atom stereocenters. The van der Waals surface area contributed by atoms with Gasteiger partial charge in [-0.05, 0) is 33.8 Å². The monoisotopic (exact) mass is 430 g/mol. The van der Waals surface area contributed by atoms with E-state index in [0.29, 0.717) is 6.10 Å². The van der Waals surface area contributed by atoms with Crippen molar-refractivity contribution in [2.75, 3.05) is 6.61 Å². The van der Waals surface area contributed by atoms with Gasteiger partial charge < -0.3 is 9.16 Å². The van der Waals surface area contributed by atoms with E-state index >= 15 is 0 Å². The molecule has 0 spiro atoms. The highest BCUT2D eigenvalue weighted by Gasteiger charge is 2.51. The maximum Gasteiger partial charge on any atom is 0.261 e. The molecule has 0 saturated carbocycles. The molecule has 3 aromatic rings. The van der Waals surface area contributed by atoms with Crippen molar-refractivity contribution in [3.8, 4) is 0 Å². The standard InChI is InChI=1S/C28H34O2Si/c1-28(2,3)31(26-15-9-5-10-16-26,27-17-11-6-12-18-27)30-24(21-25-22-29-25)20-19-23-13-7-4-8-14-23/h4-18,24-25H,19-22H2,1-3H3/t24-,25-/m0/s1. The number of epoxide rings is 1. The summed E-state index contributed by atoms with van der Waals surface area (Å²) in [5, 5.41) is 2.68. The lowest BCUT2D eigenvalue weighted by molar-refractivity contribution is 0.155. The number of benzene rings is 3. The van der Waals surface area contributed by atoms with Crippen molar-refractivity contribution in [2.24, 2.45) is 0 Å². The number of aryl methyl sites for hydroxylation is 1. The van der Waals surface area contributed by atoms with Crippen LogP contribution in [0, 0.1) is 0 Å². The molecule has 162 valence electrons. The van der Waals surface area contributed by atoms with E-state index in [4.69, 9.17) is 9.16 Å². The van der Waals surface area contributed by atoms with Crippen LogP contribution in [0.4, 0.5) is 0 Å². The Balaban J connectivity index is 1.72. The second kappa shape index (κ2) is 9.52. The summed E-state index contributed by atoms with van der Waals surface area (Å²) in [7, 11) is -2.55. The zero-order chi connectivity index (χ0) is 21.7. The minimum absolute atomic E-state index is 0.00882. The lowest BCUT2D eigenvalue weighted by Crippen LogP contribution is -2.67. The molecule has 0 amide bonds. The van der Waals surface area contributed by atoms with Crippen LogP contribution in [0.15, 0.2) is 91.0 Å². The van der Waals surface area contributed by atoms with Crippen LogP contribution in [0.1, 0.15) is 39.2 Å². The fourth-order valence-electron chi connectivity index (χ4n) is 4.64. The smallest absolute Gasteiger partial charge is 0.261 e. The van der Waals surface area contributed by atoms with E-state index in [1.165, 1.54) is 15.9 Å². The number of hydrogen-bond acceptors (Lipinski definition) is 2. The number of rotatable bonds is 9. The topological polar surface area (TPSA) is 21.8 Å². The van der Waals surface area contributed by atoms with Crippen molar-refractivity contribution in [3.63, 3.8) is 0 Å². The molecule has 1 fully saturated rings. The number of ether oxygens (including phenoxy) is 1. The van der Waals surface area contributed by atoms with E-state index in [0.717, 1.165) is 25.9 Å². The minimum atomic E-state index is -2.55. The summed E-state index contributed by atoms with van der Waals surface area (Å²) < 4.78 is 13.0. The fourth-order valence-corrected chi connectivity index (χ4v) is 9.36. The van der Waals surface area contributed by atoms with Crippen molar-refractivity contribution < 1.29 is 9.16 Å². The van der Waals surface area contributed by atoms with E-state index < -0.39 is 8.32 Å². The van der Waals surface area contributed by atoms with Crippen LogP contribution >= 0.6 is 0 Å². The minimum Gasteiger partial charge on any atom is -0.404 e. The summed E-state index contributed by atoms with van der Waals surface area (Å²) in [4.78, 5) is 0. The Bertz CT molecular complexity index is 892. The molecule has 1 heterocycles.